The van der Waals surface area contributed by atoms with Crippen LogP contribution in [0.25, 0.3) is 0 Å². The van der Waals surface area contributed by atoms with E-state index < -0.39 is 0 Å². The van der Waals surface area contributed by atoms with E-state index in [1.54, 1.807) is 0 Å². The zero-order valence-electron chi connectivity index (χ0n) is 10.6. The van der Waals surface area contributed by atoms with Crippen molar-refractivity contribution in [2.24, 2.45) is 5.92 Å². The lowest BCUT2D eigenvalue weighted by atomic mass is 10.0. The molecule has 1 aliphatic rings. The third kappa shape index (κ3) is 2.71. The first-order chi connectivity index (χ1) is 9.25. The molecule has 0 aromatic heterocycles. The van der Waals surface area contributed by atoms with Gasteiger partial charge >= 0.3 is 0 Å². The highest BCUT2D eigenvalue weighted by atomic mass is 35.5. The molecule has 0 radical (unpaired) electrons. The lowest BCUT2D eigenvalue weighted by Crippen LogP contribution is -2.06. The van der Waals surface area contributed by atoms with Gasteiger partial charge in [-0.25, -0.2) is 0 Å². The van der Waals surface area contributed by atoms with E-state index in [1.165, 1.54) is 5.56 Å². The quantitative estimate of drug-likeness (QED) is 0.811. The summed E-state index contributed by atoms with van der Waals surface area (Å²) in [7, 11) is 0. The number of hydrogen-bond donors (Lipinski definition) is 0. The molecule has 1 nitrogen and oxygen atoms in total. The Bertz CT molecular complexity index is 591. The second-order valence-electron chi connectivity index (χ2n) is 5.09. The van der Waals surface area contributed by atoms with Crippen LogP contribution in [0.4, 0.5) is 0 Å². The van der Waals surface area contributed by atoms with Gasteiger partial charge in [-0.2, -0.15) is 0 Å². The molecule has 0 heterocycles. The van der Waals surface area contributed by atoms with Crippen molar-refractivity contribution in [1.29, 1.82) is 0 Å². The van der Waals surface area contributed by atoms with Crippen LogP contribution in [0.3, 0.4) is 0 Å². The molecule has 0 N–H and O–H groups in total. The van der Waals surface area contributed by atoms with Crippen LogP contribution >= 0.6 is 11.6 Å². The zero-order valence-corrected chi connectivity index (χ0v) is 11.3. The van der Waals surface area contributed by atoms with Crippen molar-refractivity contribution in [2.45, 2.75) is 18.8 Å². The molecule has 96 valence electrons. The number of benzene rings is 2. The van der Waals surface area contributed by atoms with Gasteiger partial charge in [0.1, 0.15) is 5.78 Å². The SMILES string of the molecule is O=C(Cc1ccccc1Cl)C1CC1c1ccccc1. The van der Waals surface area contributed by atoms with Crippen molar-refractivity contribution in [3.8, 4) is 0 Å². The van der Waals surface area contributed by atoms with Crippen molar-refractivity contribution in [2.75, 3.05) is 0 Å². The molecule has 2 unspecified atom stereocenters. The molecular formula is C17H15ClO. The average molecular weight is 271 g/mol. The molecule has 0 saturated heterocycles. The molecule has 1 saturated carbocycles. The first-order valence-electron chi connectivity index (χ1n) is 6.57. The summed E-state index contributed by atoms with van der Waals surface area (Å²) in [5, 5.41) is 0.688. The minimum atomic E-state index is 0.179. The normalized spacial score (nSPS) is 21.1. The van der Waals surface area contributed by atoms with Crippen LogP contribution in [-0.2, 0) is 11.2 Å². The zero-order chi connectivity index (χ0) is 13.2. The predicted octanol–water partition coefficient (Wildman–Crippen LogP) is 4.26. The number of carbonyl (C=O) groups is 1. The molecule has 0 aliphatic heterocycles. The Morgan fingerprint density at radius 1 is 1.05 bits per heavy atom. The molecule has 2 heteroatoms. The summed E-state index contributed by atoms with van der Waals surface area (Å²) in [4.78, 5) is 12.3. The summed E-state index contributed by atoms with van der Waals surface area (Å²) in [5.74, 6) is 0.900. The Labute approximate surface area is 118 Å². The largest absolute Gasteiger partial charge is 0.299 e. The molecule has 2 aromatic rings. The summed E-state index contributed by atoms with van der Waals surface area (Å²) in [6.07, 6.45) is 1.43. The van der Waals surface area contributed by atoms with Crippen LogP contribution in [-0.4, -0.2) is 5.78 Å². The van der Waals surface area contributed by atoms with Crippen LogP contribution in [0, 0.1) is 5.92 Å². The maximum atomic E-state index is 12.3. The Morgan fingerprint density at radius 3 is 2.47 bits per heavy atom. The number of hydrogen-bond acceptors (Lipinski definition) is 1. The standard InChI is InChI=1S/C17H15ClO/c18-16-9-5-4-8-13(16)10-17(19)15-11-14(15)12-6-2-1-3-7-12/h1-9,14-15H,10-11H2. The summed E-state index contributed by atoms with van der Waals surface area (Å²) in [6.45, 7) is 0. The Balaban J connectivity index is 1.66. The van der Waals surface area contributed by atoms with Gasteiger partial charge in [-0.3, -0.25) is 4.79 Å². The van der Waals surface area contributed by atoms with E-state index in [9.17, 15) is 4.79 Å². The molecule has 1 fully saturated rings. The molecule has 0 amide bonds. The Hall–Kier alpha value is -1.60. The van der Waals surface area contributed by atoms with Gasteiger partial charge in [-0.1, -0.05) is 60.1 Å². The second kappa shape index (κ2) is 5.18. The highest BCUT2D eigenvalue weighted by Gasteiger charge is 2.43. The maximum Gasteiger partial charge on any atom is 0.141 e. The van der Waals surface area contributed by atoms with Crippen molar-refractivity contribution in [3.63, 3.8) is 0 Å². The van der Waals surface area contributed by atoms with E-state index in [4.69, 9.17) is 11.6 Å². The van der Waals surface area contributed by atoms with Gasteiger partial charge in [-0.05, 0) is 29.5 Å². The van der Waals surface area contributed by atoms with Gasteiger partial charge in [0.25, 0.3) is 0 Å². The van der Waals surface area contributed by atoms with Crippen molar-refractivity contribution in [3.05, 3.63) is 70.7 Å². The van der Waals surface area contributed by atoms with Crippen molar-refractivity contribution < 1.29 is 4.79 Å². The molecule has 19 heavy (non-hydrogen) atoms. The van der Waals surface area contributed by atoms with Crippen LogP contribution < -0.4 is 0 Å². The van der Waals surface area contributed by atoms with Gasteiger partial charge in [0.2, 0.25) is 0 Å². The van der Waals surface area contributed by atoms with E-state index in [0.717, 1.165) is 12.0 Å². The average Bonchev–Trinajstić information content (AvgIpc) is 3.23. The first-order valence-corrected chi connectivity index (χ1v) is 6.94. The van der Waals surface area contributed by atoms with E-state index in [0.29, 0.717) is 23.1 Å². The fourth-order valence-corrected chi connectivity index (χ4v) is 2.78. The van der Waals surface area contributed by atoms with Crippen molar-refractivity contribution >= 4 is 17.4 Å². The second-order valence-corrected chi connectivity index (χ2v) is 5.50. The van der Waals surface area contributed by atoms with Crippen LogP contribution in [0.15, 0.2) is 54.6 Å². The number of Topliss-reactive ketones (excluding diaryl/α,β-unsaturated/α-hetero) is 1. The highest BCUT2D eigenvalue weighted by Crippen LogP contribution is 2.48. The maximum absolute atomic E-state index is 12.3. The first kappa shape index (κ1) is 12.4. The van der Waals surface area contributed by atoms with Gasteiger partial charge in [0, 0.05) is 17.4 Å². The lowest BCUT2D eigenvalue weighted by Gasteiger charge is -2.03. The lowest BCUT2D eigenvalue weighted by molar-refractivity contribution is -0.119. The summed E-state index contributed by atoms with van der Waals surface area (Å²) in [6, 6.07) is 17.9. The molecule has 0 spiro atoms. The molecule has 3 rings (SSSR count). The molecule has 1 aliphatic carbocycles. The summed E-state index contributed by atoms with van der Waals surface area (Å²) in [5.41, 5.74) is 2.22. The van der Waals surface area contributed by atoms with Crippen LogP contribution in [0.2, 0.25) is 5.02 Å². The van der Waals surface area contributed by atoms with Crippen LogP contribution in [0.5, 0.6) is 0 Å². The van der Waals surface area contributed by atoms with Crippen molar-refractivity contribution in [1.82, 2.24) is 0 Å². The van der Waals surface area contributed by atoms with E-state index in [2.05, 4.69) is 12.1 Å². The Kier molecular flexibility index (Phi) is 3.39. The van der Waals surface area contributed by atoms with Crippen LogP contribution in [0.1, 0.15) is 23.5 Å². The van der Waals surface area contributed by atoms with E-state index >= 15 is 0 Å². The molecular weight excluding hydrogens is 256 g/mol. The highest BCUT2D eigenvalue weighted by molar-refractivity contribution is 6.31. The third-order valence-electron chi connectivity index (χ3n) is 3.75. The molecule has 2 aromatic carbocycles. The minimum absolute atomic E-state index is 0.179. The predicted molar refractivity (Wildman–Crippen MR) is 77.5 cm³/mol. The number of carbonyl (C=O) groups excluding carboxylic acids is 1. The monoisotopic (exact) mass is 270 g/mol. The summed E-state index contributed by atoms with van der Waals surface area (Å²) < 4.78 is 0. The third-order valence-corrected chi connectivity index (χ3v) is 4.12. The van der Waals surface area contributed by atoms with Gasteiger partial charge in [0.15, 0.2) is 0 Å². The van der Waals surface area contributed by atoms with Gasteiger partial charge in [0.05, 0.1) is 0 Å². The topological polar surface area (TPSA) is 17.1 Å². The molecule has 2 atom stereocenters. The fourth-order valence-electron chi connectivity index (χ4n) is 2.58. The molecule has 0 bridgehead atoms. The fraction of sp³-hybridized carbons (Fsp3) is 0.235. The number of halogens is 1. The number of rotatable bonds is 4. The van der Waals surface area contributed by atoms with Gasteiger partial charge in [-0.15, -0.1) is 0 Å². The van der Waals surface area contributed by atoms with Gasteiger partial charge < -0.3 is 0 Å². The smallest absolute Gasteiger partial charge is 0.141 e. The number of ketones is 1. The summed E-state index contributed by atoms with van der Waals surface area (Å²) >= 11 is 6.09. The van der Waals surface area contributed by atoms with E-state index in [1.807, 2.05) is 42.5 Å². The minimum Gasteiger partial charge on any atom is -0.299 e. The van der Waals surface area contributed by atoms with E-state index in [-0.39, 0.29) is 5.92 Å². The Morgan fingerprint density at radius 2 is 1.74 bits per heavy atom.